The van der Waals surface area contributed by atoms with Crippen molar-refractivity contribution in [2.45, 2.75) is 6.92 Å². The average Bonchev–Trinajstić information content (AvgIpc) is 3.05. The van der Waals surface area contributed by atoms with Gasteiger partial charge in [0.2, 0.25) is 11.8 Å². The average molecular weight is 396 g/mol. The number of amides is 3. The molecule has 0 fully saturated rings. The minimum Gasteiger partial charge on any atom is -0.482 e. The van der Waals surface area contributed by atoms with Gasteiger partial charge in [0.05, 0.1) is 15.9 Å². The van der Waals surface area contributed by atoms with Crippen molar-refractivity contribution in [2.24, 2.45) is 0 Å². The van der Waals surface area contributed by atoms with E-state index in [9.17, 15) is 14.4 Å². The standard InChI is InChI=1S/C19H16N4O4S/c1-11(24)20-12-6-7-13-16(8-12)28-19(21-13)22-17(25)9-23-14-4-2-3-5-15(14)27-10-18(23)26/h2-8H,9-10H2,1H3,(H,20,24)(H,21,22,25). The van der Waals surface area contributed by atoms with Gasteiger partial charge in [0.25, 0.3) is 5.91 Å². The number of para-hydroxylation sites is 2. The smallest absolute Gasteiger partial charge is 0.265 e. The van der Waals surface area contributed by atoms with Crippen LogP contribution in [0.3, 0.4) is 0 Å². The minimum absolute atomic E-state index is 0.0998. The van der Waals surface area contributed by atoms with E-state index in [1.807, 2.05) is 6.07 Å². The molecule has 9 heteroatoms. The Morgan fingerprint density at radius 2 is 2.04 bits per heavy atom. The lowest BCUT2D eigenvalue weighted by Gasteiger charge is -2.28. The molecule has 142 valence electrons. The summed E-state index contributed by atoms with van der Waals surface area (Å²) in [5.41, 5.74) is 1.94. The van der Waals surface area contributed by atoms with Crippen LogP contribution in [-0.2, 0) is 14.4 Å². The minimum atomic E-state index is -0.355. The van der Waals surface area contributed by atoms with Gasteiger partial charge in [-0.2, -0.15) is 0 Å². The molecule has 1 aliphatic heterocycles. The van der Waals surface area contributed by atoms with E-state index in [2.05, 4.69) is 15.6 Å². The third-order valence-corrected chi connectivity index (χ3v) is 5.00. The van der Waals surface area contributed by atoms with Gasteiger partial charge in [-0.1, -0.05) is 23.5 Å². The van der Waals surface area contributed by atoms with Crippen molar-refractivity contribution in [3.05, 3.63) is 42.5 Å². The fraction of sp³-hybridized carbons (Fsp3) is 0.158. The number of thiazole rings is 1. The van der Waals surface area contributed by atoms with Gasteiger partial charge in [-0.05, 0) is 30.3 Å². The highest BCUT2D eigenvalue weighted by Gasteiger charge is 2.27. The molecular formula is C19H16N4O4S. The Bertz CT molecular complexity index is 1090. The third-order valence-electron chi connectivity index (χ3n) is 4.07. The number of nitrogens with one attached hydrogen (secondary N) is 2. The van der Waals surface area contributed by atoms with E-state index in [-0.39, 0.29) is 30.9 Å². The number of nitrogens with zero attached hydrogens (tertiary/aromatic N) is 2. The van der Waals surface area contributed by atoms with Crippen LogP contribution in [0.15, 0.2) is 42.5 Å². The Morgan fingerprint density at radius 1 is 1.21 bits per heavy atom. The molecule has 0 spiro atoms. The van der Waals surface area contributed by atoms with Gasteiger partial charge >= 0.3 is 0 Å². The molecule has 3 aromatic rings. The molecule has 0 radical (unpaired) electrons. The van der Waals surface area contributed by atoms with Crippen LogP contribution < -0.4 is 20.3 Å². The number of rotatable bonds is 4. The number of carbonyl (C=O) groups excluding carboxylic acids is 3. The molecule has 1 aromatic heterocycles. The van der Waals surface area contributed by atoms with Crippen molar-refractivity contribution in [3.8, 4) is 5.75 Å². The molecule has 0 saturated carbocycles. The van der Waals surface area contributed by atoms with E-state index in [4.69, 9.17) is 4.74 Å². The summed E-state index contributed by atoms with van der Waals surface area (Å²) in [7, 11) is 0. The van der Waals surface area contributed by atoms with Crippen molar-refractivity contribution in [2.75, 3.05) is 28.7 Å². The number of anilines is 3. The second-order valence-corrected chi connectivity index (χ2v) is 7.20. The maximum absolute atomic E-state index is 12.5. The number of hydrogen-bond donors (Lipinski definition) is 2. The predicted molar refractivity (Wildman–Crippen MR) is 107 cm³/mol. The molecule has 0 atom stereocenters. The van der Waals surface area contributed by atoms with Gasteiger partial charge in [-0.3, -0.25) is 19.3 Å². The van der Waals surface area contributed by atoms with Crippen molar-refractivity contribution in [1.29, 1.82) is 0 Å². The van der Waals surface area contributed by atoms with Crippen LogP contribution in [0.5, 0.6) is 5.75 Å². The number of ether oxygens (including phenoxy) is 1. The first-order valence-corrected chi connectivity index (χ1v) is 9.31. The first-order chi connectivity index (χ1) is 13.5. The van der Waals surface area contributed by atoms with Crippen LogP contribution in [0, 0.1) is 0 Å². The van der Waals surface area contributed by atoms with E-state index in [0.29, 0.717) is 27.8 Å². The Morgan fingerprint density at radius 3 is 2.86 bits per heavy atom. The van der Waals surface area contributed by atoms with E-state index < -0.39 is 0 Å². The van der Waals surface area contributed by atoms with Crippen LogP contribution in [0.4, 0.5) is 16.5 Å². The molecule has 0 unspecified atom stereocenters. The Labute approximate surface area is 164 Å². The van der Waals surface area contributed by atoms with Crippen molar-refractivity contribution < 1.29 is 19.1 Å². The second-order valence-electron chi connectivity index (χ2n) is 6.17. The van der Waals surface area contributed by atoms with Gasteiger partial charge in [-0.15, -0.1) is 0 Å². The summed E-state index contributed by atoms with van der Waals surface area (Å²) >= 11 is 1.29. The number of fused-ring (bicyclic) bond motifs is 2. The highest BCUT2D eigenvalue weighted by molar-refractivity contribution is 7.22. The molecule has 2 aromatic carbocycles. The summed E-state index contributed by atoms with van der Waals surface area (Å²) < 4.78 is 6.21. The molecule has 3 amide bonds. The largest absolute Gasteiger partial charge is 0.482 e. The van der Waals surface area contributed by atoms with Gasteiger partial charge in [0.15, 0.2) is 11.7 Å². The van der Waals surface area contributed by atoms with E-state index in [1.165, 1.54) is 23.2 Å². The summed E-state index contributed by atoms with van der Waals surface area (Å²) in [6, 6.07) is 12.4. The molecule has 28 heavy (non-hydrogen) atoms. The van der Waals surface area contributed by atoms with Crippen molar-refractivity contribution in [3.63, 3.8) is 0 Å². The second kappa shape index (κ2) is 7.28. The lowest BCUT2D eigenvalue weighted by molar-refractivity contribution is -0.123. The fourth-order valence-corrected chi connectivity index (χ4v) is 3.81. The van der Waals surface area contributed by atoms with Crippen molar-refractivity contribution >= 4 is 55.8 Å². The fourth-order valence-electron chi connectivity index (χ4n) is 2.89. The summed E-state index contributed by atoms with van der Waals surface area (Å²) in [5.74, 6) is -0.225. The van der Waals surface area contributed by atoms with Crippen LogP contribution >= 0.6 is 11.3 Å². The molecule has 4 rings (SSSR count). The first kappa shape index (κ1) is 17.9. The molecule has 0 saturated heterocycles. The molecule has 8 nitrogen and oxygen atoms in total. The number of aromatic nitrogens is 1. The molecule has 2 heterocycles. The van der Waals surface area contributed by atoms with Gasteiger partial charge in [0.1, 0.15) is 12.3 Å². The summed E-state index contributed by atoms with van der Waals surface area (Å²) in [5, 5.41) is 5.87. The normalized spacial score (nSPS) is 13.0. The molecule has 0 bridgehead atoms. The number of benzene rings is 2. The highest BCUT2D eigenvalue weighted by Crippen LogP contribution is 2.32. The SMILES string of the molecule is CC(=O)Nc1ccc2nc(NC(=O)CN3C(=O)COc4ccccc43)sc2c1. The van der Waals surface area contributed by atoms with Gasteiger partial charge in [0, 0.05) is 12.6 Å². The lowest BCUT2D eigenvalue weighted by Crippen LogP contribution is -2.43. The maximum atomic E-state index is 12.5. The number of carbonyl (C=O) groups is 3. The summed E-state index contributed by atoms with van der Waals surface area (Å²) in [6.07, 6.45) is 0. The molecule has 0 aliphatic carbocycles. The zero-order valence-electron chi connectivity index (χ0n) is 14.9. The van der Waals surface area contributed by atoms with Crippen LogP contribution in [0.1, 0.15) is 6.92 Å². The summed E-state index contributed by atoms with van der Waals surface area (Å²) in [6.45, 7) is 1.21. The third kappa shape index (κ3) is 3.65. The molecular weight excluding hydrogens is 380 g/mol. The predicted octanol–water partition coefficient (Wildman–Crippen LogP) is 2.62. The molecule has 2 N–H and O–H groups in total. The van der Waals surface area contributed by atoms with Crippen LogP contribution in [-0.4, -0.2) is 35.9 Å². The Hall–Kier alpha value is -3.46. The van der Waals surface area contributed by atoms with Crippen LogP contribution in [0.2, 0.25) is 0 Å². The van der Waals surface area contributed by atoms with Crippen LogP contribution in [0.25, 0.3) is 10.2 Å². The zero-order valence-corrected chi connectivity index (χ0v) is 15.7. The van der Waals surface area contributed by atoms with Gasteiger partial charge < -0.3 is 15.4 Å². The zero-order chi connectivity index (χ0) is 19.7. The first-order valence-electron chi connectivity index (χ1n) is 8.50. The quantitative estimate of drug-likeness (QED) is 0.706. The van der Waals surface area contributed by atoms with E-state index in [1.54, 1.807) is 36.4 Å². The monoisotopic (exact) mass is 396 g/mol. The maximum Gasteiger partial charge on any atom is 0.265 e. The summed E-state index contributed by atoms with van der Waals surface area (Å²) in [4.78, 5) is 41.6. The topological polar surface area (TPSA) is 101 Å². The Balaban J connectivity index is 1.49. The molecule has 1 aliphatic rings. The Kier molecular flexibility index (Phi) is 4.66. The van der Waals surface area contributed by atoms with Gasteiger partial charge in [-0.25, -0.2) is 4.98 Å². The number of hydrogen-bond acceptors (Lipinski definition) is 6. The van der Waals surface area contributed by atoms with Crippen molar-refractivity contribution in [1.82, 2.24) is 4.98 Å². The van der Waals surface area contributed by atoms with E-state index in [0.717, 1.165) is 4.70 Å². The van der Waals surface area contributed by atoms with E-state index >= 15 is 0 Å². The lowest BCUT2D eigenvalue weighted by atomic mass is 10.2. The highest BCUT2D eigenvalue weighted by atomic mass is 32.1.